The summed E-state index contributed by atoms with van der Waals surface area (Å²) in [6.45, 7) is 1.32. The zero-order valence-electron chi connectivity index (χ0n) is 16.5. The van der Waals surface area contributed by atoms with Crippen LogP contribution in [0.3, 0.4) is 0 Å². The summed E-state index contributed by atoms with van der Waals surface area (Å²) in [4.78, 5) is 21.7. The second-order valence-electron chi connectivity index (χ2n) is 6.52. The number of carbonyl (C=O) groups excluding carboxylic acids is 1. The monoisotopic (exact) mass is 383 g/mol. The average molecular weight is 383 g/mol. The lowest BCUT2D eigenvalue weighted by atomic mass is 10.0. The van der Waals surface area contributed by atoms with E-state index in [1.54, 1.807) is 20.3 Å². The zero-order valence-corrected chi connectivity index (χ0v) is 16.5. The molecular formula is C20H25N5O3. The predicted octanol–water partition coefficient (Wildman–Crippen LogP) is 2.93. The Morgan fingerprint density at radius 3 is 2.50 bits per heavy atom. The molecule has 8 nitrogen and oxygen atoms in total. The third-order valence-electron chi connectivity index (χ3n) is 4.32. The molecule has 0 radical (unpaired) electrons. The second kappa shape index (κ2) is 8.62. The third kappa shape index (κ3) is 4.17. The Kier molecular flexibility index (Phi) is 6.00. The lowest BCUT2D eigenvalue weighted by Gasteiger charge is -2.12. The van der Waals surface area contributed by atoms with Crippen molar-refractivity contribution < 1.29 is 14.3 Å². The first-order valence-corrected chi connectivity index (χ1v) is 8.92. The van der Waals surface area contributed by atoms with E-state index in [4.69, 9.17) is 9.47 Å². The number of fused-ring (bicyclic) bond motifs is 1. The Hall–Kier alpha value is -3.26. The molecule has 2 amide bonds. The number of nitrogens with one attached hydrogen (secondary N) is 3. The lowest BCUT2D eigenvalue weighted by Crippen LogP contribution is -2.34. The summed E-state index contributed by atoms with van der Waals surface area (Å²) in [7, 11) is 7.16. The highest BCUT2D eigenvalue weighted by Gasteiger charge is 2.17. The maximum absolute atomic E-state index is 12.0. The molecule has 148 valence electrons. The number of aromatic nitrogens is 2. The van der Waals surface area contributed by atoms with Crippen molar-refractivity contribution in [2.24, 2.45) is 0 Å². The Labute approximate surface area is 163 Å². The molecule has 0 atom stereocenters. The van der Waals surface area contributed by atoms with Crippen LogP contribution >= 0.6 is 0 Å². The first-order chi connectivity index (χ1) is 13.5. The fourth-order valence-electron chi connectivity index (χ4n) is 2.95. The molecule has 0 fully saturated rings. The summed E-state index contributed by atoms with van der Waals surface area (Å²) < 4.78 is 11.0. The second-order valence-corrected chi connectivity index (χ2v) is 6.52. The molecule has 0 saturated carbocycles. The molecule has 28 heavy (non-hydrogen) atoms. The molecule has 0 spiro atoms. The number of H-pyrrole nitrogens is 1. The summed E-state index contributed by atoms with van der Waals surface area (Å²) in [5, 5.41) is 6.45. The number of likely N-dealkylation sites (N-methyl/N-ethyl adjacent to an activating group) is 1. The molecule has 3 rings (SSSR count). The topological polar surface area (TPSA) is 91.5 Å². The molecule has 3 aromatic rings. The van der Waals surface area contributed by atoms with Crippen LogP contribution in [0, 0.1) is 0 Å². The van der Waals surface area contributed by atoms with Gasteiger partial charge in [-0.05, 0) is 38.4 Å². The van der Waals surface area contributed by atoms with Crippen molar-refractivity contribution in [3.05, 3.63) is 36.5 Å². The third-order valence-corrected chi connectivity index (χ3v) is 4.32. The van der Waals surface area contributed by atoms with Gasteiger partial charge in [0.1, 0.15) is 23.0 Å². The lowest BCUT2D eigenvalue weighted by molar-refractivity contribution is 0.250. The van der Waals surface area contributed by atoms with E-state index in [1.807, 2.05) is 49.5 Å². The minimum atomic E-state index is -0.285. The van der Waals surface area contributed by atoms with E-state index in [0.717, 1.165) is 23.1 Å². The number of carbonyl (C=O) groups is 1. The Balaban J connectivity index is 1.85. The first kappa shape index (κ1) is 19.5. The Bertz CT molecular complexity index is 945. The van der Waals surface area contributed by atoms with Crippen LogP contribution in [0.2, 0.25) is 0 Å². The van der Waals surface area contributed by atoms with E-state index in [9.17, 15) is 4.79 Å². The fourth-order valence-corrected chi connectivity index (χ4v) is 2.95. The van der Waals surface area contributed by atoms with E-state index in [1.165, 1.54) is 0 Å². The van der Waals surface area contributed by atoms with Crippen molar-refractivity contribution in [3.63, 3.8) is 0 Å². The number of urea groups is 1. The molecular weight excluding hydrogens is 358 g/mol. The number of amides is 2. The van der Waals surface area contributed by atoms with Crippen LogP contribution in [0.15, 0.2) is 36.5 Å². The van der Waals surface area contributed by atoms with Crippen molar-refractivity contribution in [2.75, 3.05) is 46.7 Å². The van der Waals surface area contributed by atoms with Crippen LogP contribution in [-0.4, -0.2) is 62.3 Å². The molecule has 0 bridgehead atoms. The van der Waals surface area contributed by atoms with E-state index in [2.05, 4.69) is 20.6 Å². The summed E-state index contributed by atoms with van der Waals surface area (Å²) in [6.07, 6.45) is 1.86. The summed E-state index contributed by atoms with van der Waals surface area (Å²) in [5.74, 6) is 1.89. The maximum Gasteiger partial charge on any atom is 0.320 e. The van der Waals surface area contributed by atoms with Gasteiger partial charge < -0.3 is 24.7 Å². The molecule has 0 aliphatic heterocycles. The summed E-state index contributed by atoms with van der Waals surface area (Å²) >= 11 is 0. The van der Waals surface area contributed by atoms with Gasteiger partial charge in [0, 0.05) is 30.2 Å². The van der Waals surface area contributed by atoms with E-state index >= 15 is 0 Å². The van der Waals surface area contributed by atoms with Crippen LogP contribution < -0.4 is 20.1 Å². The molecule has 0 saturated heterocycles. The number of nitrogens with zero attached hydrogens (tertiary/aromatic N) is 2. The molecule has 0 aliphatic rings. The van der Waals surface area contributed by atoms with Crippen molar-refractivity contribution in [2.45, 2.75) is 0 Å². The first-order valence-electron chi connectivity index (χ1n) is 8.92. The number of pyridine rings is 1. The Morgan fingerprint density at radius 1 is 1.14 bits per heavy atom. The quantitative estimate of drug-likeness (QED) is 0.583. The van der Waals surface area contributed by atoms with E-state index < -0.39 is 0 Å². The predicted molar refractivity (Wildman–Crippen MR) is 110 cm³/mol. The smallest absolute Gasteiger partial charge is 0.320 e. The molecule has 2 heterocycles. The molecule has 0 aliphatic carbocycles. The Morgan fingerprint density at radius 2 is 1.86 bits per heavy atom. The highest BCUT2D eigenvalue weighted by atomic mass is 16.5. The van der Waals surface area contributed by atoms with Gasteiger partial charge in [-0.2, -0.15) is 0 Å². The standard InChI is InChI=1S/C20H25N5O3/c1-25(2)11-10-21-20(26)24-17-9-8-13-14(12-22-19(13)23-17)18-15(27-3)6-5-7-16(18)28-4/h5-9,12H,10-11H2,1-4H3,(H3,21,22,23,24,26). The minimum absolute atomic E-state index is 0.285. The number of anilines is 1. The number of aromatic amines is 1. The van der Waals surface area contributed by atoms with Gasteiger partial charge in [0.2, 0.25) is 0 Å². The van der Waals surface area contributed by atoms with Crippen LogP contribution in [0.4, 0.5) is 10.6 Å². The van der Waals surface area contributed by atoms with Crippen LogP contribution in [-0.2, 0) is 0 Å². The van der Waals surface area contributed by atoms with Gasteiger partial charge in [-0.25, -0.2) is 9.78 Å². The number of hydrogen-bond donors (Lipinski definition) is 3. The highest BCUT2D eigenvalue weighted by molar-refractivity contribution is 5.98. The van der Waals surface area contributed by atoms with Gasteiger partial charge >= 0.3 is 6.03 Å². The van der Waals surface area contributed by atoms with Crippen molar-refractivity contribution >= 4 is 22.9 Å². The van der Waals surface area contributed by atoms with Gasteiger partial charge in [-0.3, -0.25) is 5.32 Å². The highest BCUT2D eigenvalue weighted by Crippen LogP contribution is 2.41. The van der Waals surface area contributed by atoms with Gasteiger partial charge in [0.05, 0.1) is 19.8 Å². The van der Waals surface area contributed by atoms with Gasteiger partial charge in [0.15, 0.2) is 0 Å². The van der Waals surface area contributed by atoms with Crippen LogP contribution in [0.1, 0.15) is 0 Å². The van der Waals surface area contributed by atoms with Crippen LogP contribution in [0.25, 0.3) is 22.2 Å². The molecule has 1 aromatic carbocycles. The van der Waals surface area contributed by atoms with Crippen LogP contribution in [0.5, 0.6) is 11.5 Å². The van der Waals surface area contributed by atoms with Gasteiger partial charge in [0.25, 0.3) is 0 Å². The zero-order chi connectivity index (χ0) is 20.1. The van der Waals surface area contributed by atoms with E-state index in [-0.39, 0.29) is 6.03 Å². The van der Waals surface area contributed by atoms with Crippen molar-refractivity contribution in [1.82, 2.24) is 20.2 Å². The minimum Gasteiger partial charge on any atom is -0.496 e. The normalized spacial score (nSPS) is 10.9. The molecule has 8 heteroatoms. The number of rotatable bonds is 7. The SMILES string of the molecule is COc1cccc(OC)c1-c1c[nH]c2nc(NC(=O)NCCN(C)C)ccc12. The number of ether oxygens (including phenoxy) is 2. The van der Waals surface area contributed by atoms with Gasteiger partial charge in [-0.1, -0.05) is 6.07 Å². The summed E-state index contributed by atoms with van der Waals surface area (Å²) in [5.41, 5.74) is 2.43. The van der Waals surface area contributed by atoms with Gasteiger partial charge in [-0.15, -0.1) is 0 Å². The summed E-state index contributed by atoms with van der Waals surface area (Å²) in [6, 6.07) is 9.05. The number of methoxy groups -OCH3 is 2. The fraction of sp³-hybridized carbons (Fsp3) is 0.300. The van der Waals surface area contributed by atoms with E-state index in [0.29, 0.717) is 29.5 Å². The average Bonchev–Trinajstić information content (AvgIpc) is 3.09. The molecule has 2 aromatic heterocycles. The van der Waals surface area contributed by atoms with Crippen molar-refractivity contribution in [1.29, 1.82) is 0 Å². The maximum atomic E-state index is 12.0. The molecule has 0 unspecified atom stereocenters. The number of hydrogen-bond acceptors (Lipinski definition) is 5. The molecule has 3 N–H and O–H groups in total. The number of benzene rings is 1. The largest absolute Gasteiger partial charge is 0.496 e. The van der Waals surface area contributed by atoms with Crippen molar-refractivity contribution in [3.8, 4) is 22.6 Å².